The van der Waals surface area contributed by atoms with Crippen molar-refractivity contribution >= 4 is 5.91 Å². The third kappa shape index (κ3) is 2.14. The minimum absolute atomic E-state index is 0.0659. The van der Waals surface area contributed by atoms with Crippen LogP contribution in [0.5, 0.6) is 0 Å². The largest absolute Gasteiger partial charge is 0.337 e. The molecule has 1 aromatic rings. The summed E-state index contributed by atoms with van der Waals surface area (Å²) in [4.78, 5) is 27.4. The molecule has 1 atom stereocenters. The molecule has 0 radical (unpaired) electrons. The molecule has 1 aliphatic heterocycles. The third-order valence-corrected chi connectivity index (χ3v) is 2.91. The highest BCUT2D eigenvalue weighted by atomic mass is 16.2. The van der Waals surface area contributed by atoms with Gasteiger partial charge in [0.05, 0.1) is 0 Å². The summed E-state index contributed by atoms with van der Waals surface area (Å²) in [6.07, 6.45) is 2.46. The Balaban J connectivity index is 2.11. The van der Waals surface area contributed by atoms with Gasteiger partial charge >= 0.3 is 0 Å². The Morgan fingerprint density at radius 3 is 3.06 bits per heavy atom. The summed E-state index contributed by atoms with van der Waals surface area (Å²) < 4.78 is 0. The molecule has 2 rings (SSSR count). The maximum Gasteiger partial charge on any atom is 0.254 e. The van der Waals surface area contributed by atoms with Crippen LogP contribution in [0.25, 0.3) is 0 Å². The van der Waals surface area contributed by atoms with Crippen molar-refractivity contribution in [3.05, 3.63) is 34.2 Å². The van der Waals surface area contributed by atoms with Gasteiger partial charge in [-0.2, -0.15) is 0 Å². The molecule has 5 heteroatoms. The van der Waals surface area contributed by atoms with Crippen LogP contribution in [-0.2, 0) is 0 Å². The summed E-state index contributed by atoms with van der Waals surface area (Å²) >= 11 is 0. The average Bonchev–Trinajstić information content (AvgIpc) is 2.76. The fraction of sp³-hybridized carbons (Fsp3) is 0.455. The number of amides is 1. The maximum absolute atomic E-state index is 12.0. The van der Waals surface area contributed by atoms with E-state index in [2.05, 4.69) is 10.3 Å². The Kier molecular flexibility index (Phi) is 3.05. The predicted octanol–water partition coefficient (Wildman–Crippen LogP) is -0.191. The lowest BCUT2D eigenvalue weighted by Crippen LogP contribution is -2.33. The second kappa shape index (κ2) is 4.49. The molecule has 1 amide bonds. The number of likely N-dealkylation sites (N-methyl/N-ethyl adjacent to an activating group) is 1. The van der Waals surface area contributed by atoms with Crippen molar-refractivity contribution in [1.82, 2.24) is 15.2 Å². The number of hydrogen-bond acceptors (Lipinski definition) is 3. The average molecular weight is 221 g/mol. The number of aromatic amines is 1. The number of H-pyrrole nitrogens is 1. The summed E-state index contributed by atoms with van der Waals surface area (Å²) in [5.41, 5.74) is 0.218. The molecular formula is C11H15N3O2. The third-order valence-electron chi connectivity index (χ3n) is 2.91. The van der Waals surface area contributed by atoms with Gasteiger partial charge in [-0.05, 0) is 19.5 Å². The van der Waals surface area contributed by atoms with Gasteiger partial charge < -0.3 is 15.2 Å². The van der Waals surface area contributed by atoms with E-state index in [1.807, 2.05) is 7.05 Å². The van der Waals surface area contributed by atoms with E-state index in [0.717, 1.165) is 13.0 Å². The Morgan fingerprint density at radius 1 is 1.62 bits per heavy atom. The van der Waals surface area contributed by atoms with Crippen molar-refractivity contribution in [3.63, 3.8) is 0 Å². The van der Waals surface area contributed by atoms with Crippen molar-refractivity contribution in [3.8, 4) is 0 Å². The molecule has 0 aromatic carbocycles. The van der Waals surface area contributed by atoms with Crippen LogP contribution >= 0.6 is 0 Å². The van der Waals surface area contributed by atoms with Crippen LogP contribution in [0.1, 0.15) is 16.8 Å². The van der Waals surface area contributed by atoms with Gasteiger partial charge in [-0.25, -0.2) is 0 Å². The van der Waals surface area contributed by atoms with Crippen molar-refractivity contribution in [1.29, 1.82) is 0 Å². The van der Waals surface area contributed by atoms with E-state index in [9.17, 15) is 9.59 Å². The first-order valence-electron chi connectivity index (χ1n) is 5.36. The number of nitrogens with one attached hydrogen (secondary N) is 2. The Bertz CT molecular complexity index is 441. The monoisotopic (exact) mass is 221 g/mol. The summed E-state index contributed by atoms with van der Waals surface area (Å²) in [5.74, 6) is -0.0659. The first-order chi connectivity index (χ1) is 7.70. The molecule has 0 bridgehead atoms. The van der Waals surface area contributed by atoms with Crippen molar-refractivity contribution in [2.45, 2.75) is 12.5 Å². The molecule has 86 valence electrons. The van der Waals surface area contributed by atoms with E-state index in [1.165, 1.54) is 12.3 Å². The summed E-state index contributed by atoms with van der Waals surface area (Å²) in [7, 11) is 1.89. The van der Waals surface area contributed by atoms with Gasteiger partial charge in [0.15, 0.2) is 0 Å². The zero-order chi connectivity index (χ0) is 11.5. The zero-order valence-corrected chi connectivity index (χ0v) is 9.19. The molecule has 1 aromatic heterocycles. The van der Waals surface area contributed by atoms with Crippen LogP contribution in [0, 0.1) is 0 Å². The quantitative estimate of drug-likeness (QED) is 0.727. The lowest BCUT2D eigenvalue weighted by Gasteiger charge is -2.16. The van der Waals surface area contributed by atoms with Crippen LogP contribution in [0.3, 0.4) is 0 Å². The van der Waals surface area contributed by atoms with E-state index in [0.29, 0.717) is 18.2 Å². The van der Waals surface area contributed by atoms with E-state index in [-0.39, 0.29) is 11.5 Å². The van der Waals surface area contributed by atoms with E-state index in [1.54, 1.807) is 11.0 Å². The lowest BCUT2D eigenvalue weighted by molar-refractivity contribution is 0.0789. The Morgan fingerprint density at radius 2 is 2.44 bits per heavy atom. The minimum Gasteiger partial charge on any atom is -0.337 e. The maximum atomic E-state index is 12.0. The Labute approximate surface area is 93.5 Å². The molecule has 0 saturated carbocycles. The number of likely N-dealkylation sites (tertiary alicyclic amines) is 1. The van der Waals surface area contributed by atoms with Crippen molar-refractivity contribution in [2.24, 2.45) is 0 Å². The number of aromatic nitrogens is 1. The number of rotatable bonds is 2. The van der Waals surface area contributed by atoms with E-state index >= 15 is 0 Å². The molecule has 16 heavy (non-hydrogen) atoms. The molecule has 1 aliphatic rings. The fourth-order valence-corrected chi connectivity index (χ4v) is 1.94. The standard InChI is InChI=1S/C11H15N3O2/c1-12-9-3-5-14(7-9)11(16)8-2-4-13-10(15)6-8/h2,4,6,9,12H,3,5,7H2,1H3,(H,13,15). The molecule has 0 aliphatic carbocycles. The van der Waals surface area contributed by atoms with Gasteiger partial charge in [0.2, 0.25) is 5.56 Å². The van der Waals surface area contributed by atoms with Gasteiger partial charge in [-0.3, -0.25) is 9.59 Å². The van der Waals surface area contributed by atoms with Gasteiger partial charge in [0, 0.05) is 37.0 Å². The number of nitrogens with zero attached hydrogens (tertiary/aromatic N) is 1. The van der Waals surface area contributed by atoms with Gasteiger partial charge in [-0.15, -0.1) is 0 Å². The van der Waals surface area contributed by atoms with Crippen molar-refractivity contribution < 1.29 is 4.79 Å². The van der Waals surface area contributed by atoms with Gasteiger partial charge in [-0.1, -0.05) is 0 Å². The minimum atomic E-state index is -0.241. The number of pyridine rings is 1. The molecule has 5 nitrogen and oxygen atoms in total. The molecule has 1 fully saturated rings. The first-order valence-corrected chi connectivity index (χ1v) is 5.36. The second-order valence-corrected chi connectivity index (χ2v) is 3.97. The van der Waals surface area contributed by atoms with Gasteiger partial charge in [0.25, 0.3) is 5.91 Å². The SMILES string of the molecule is CNC1CCN(C(=O)c2cc[nH]c(=O)c2)C1. The van der Waals surface area contributed by atoms with Crippen LogP contribution in [0.4, 0.5) is 0 Å². The molecule has 1 unspecified atom stereocenters. The van der Waals surface area contributed by atoms with Crippen LogP contribution in [-0.4, -0.2) is 42.0 Å². The molecule has 1 saturated heterocycles. The smallest absolute Gasteiger partial charge is 0.254 e. The number of carbonyl (C=O) groups excluding carboxylic acids is 1. The molecule has 2 N–H and O–H groups in total. The van der Waals surface area contributed by atoms with Crippen molar-refractivity contribution in [2.75, 3.05) is 20.1 Å². The van der Waals surface area contributed by atoms with Crippen LogP contribution < -0.4 is 10.9 Å². The van der Waals surface area contributed by atoms with Crippen LogP contribution in [0.2, 0.25) is 0 Å². The number of hydrogen-bond donors (Lipinski definition) is 2. The zero-order valence-electron chi connectivity index (χ0n) is 9.19. The molecule has 0 spiro atoms. The summed E-state index contributed by atoms with van der Waals surface area (Å²) in [6.45, 7) is 1.46. The topological polar surface area (TPSA) is 65.2 Å². The number of carbonyl (C=O) groups is 1. The molecule has 2 heterocycles. The van der Waals surface area contributed by atoms with E-state index in [4.69, 9.17) is 0 Å². The first kappa shape index (κ1) is 10.9. The lowest BCUT2D eigenvalue weighted by atomic mass is 10.2. The highest BCUT2D eigenvalue weighted by Crippen LogP contribution is 2.12. The predicted molar refractivity (Wildman–Crippen MR) is 60.4 cm³/mol. The summed E-state index contributed by atoms with van der Waals surface area (Å²) in [6, 6.07) is 3.34. The second-order valence-electron chi connectivity index (χ2n) is 3.97. The molecular weight excluding hydrogens is 206 g/mol. The Hall–Kier alpha value is -1.62. The highest BCUT2D eigenvalue weighted by molar-refractivity contribution is 5.94. The van der Waals surface area contributed by atoms with Gasteiger partial charge in [0.1, 0.15) is 0 Å². The van der Waals surface area contributed by atoms with E-state index < -0.39 is 0 Å². The highest BCUT2D eigenvalue weighted by Gasteiger charge is 2.25. The van der Waals surface area contributed by atoms with Crippen LogP contribution in [0.15, 0.2) is 23.1 Å². The fourth-order valence-electron chi connectivity index (χ4n) is 1.94. The normalized spacial score (nSPS) is 20.1. The summed E-state index contributed by atoms with van der Waals surface area (Å²) in [5, 5.41) is 3.15.